The number of rotatable bonds is 6. The fraction of sp³-hybridized carbons (Fsp3) is 0.682. The average molecular weight is 428 g/mol. The molecule has 1 aliphatic carbocycles. The van der Waals surface area contributed by atoms with Gasteiger partial charge >= 0.3 is 0 Å². The Morgan fingerprint density at radius 1 is 1.13 bits per heavy atom. The Morgan fingerprint density at radius 3 is 2.52 bits per heavy atom. The molecule has 1 aliphatic heterocycles. The molecule has 0 saturated heterocycles. The van der Waals surface area contributed by atoms with Gasteiger partial charge in [0.05, 0.1) is 0 Å². The second-order valence-corrected chi connectivity index (χ2v) is 9.23. The number of carbonyl (C=O) groups is 2. The quantitative estimate of drug-likeness (QED) is 0.760. The molecule has 1 N–H and O–H groups in total. The number of aromatic nitrogens is 5. The molecule has 2 aliphatic rings. The van der Waals surface area contributed by atoms with Gasteiger partial charge in [0.1, 0.15) is 18.2 Å². The summed E-state index contributed by atoms with van der Waals surface area (Å²) in [7, 11) is 0. The summed E-state index contributed by atoms with van der Waals surface area (Å²) in [6.45, 7) is 9.91. The number of fused-ring (bicyclic) bond motifs is 1. The lowest BCUT2D eigenvalue weighted by Gasteiger charge is -2.28. The summed E-state index contributed by atoms with van der Waals surface area (Å²) in [6.07, 6.45) is 5.08. The third-order valence-electron chi connectivity index (χ3n) is 6.18. The molecule has 2 aromatic rings. The van der Waals surface area contributed by atoms with Crippen LogP contribution in [0.5, 0.6) is 0 Å². The fourth-order valence-electron chi connectivity index (χ4n) is 4.65. The van der Waals surface area contributed by atoms with E-state index >= 15 is 0 Å². The van der Waals surface area contributed by atoms with Crippen molar-refractivity contribution in [1.82, 2.24) is 34.8 Å². The summed E-state index contributed by atoms with van der Waals surface area (Å²) >= 11 is 0. The van der Waals surface area contributed by atoms with Crippen LogP contribution in [0.3, 0.4) is 0 Å². The van der Waals surface area contributed by atoms with Crippen molar-refractivity contribution in [2.24, 2.45) is 5.92 Å². The van der Waals surface area contributed by atoms with Gasteiger partial charge in [0.2, 0.25) is 5.91 Å². The fourth-order valence-corrected chi connectivity index (χ4v) is 4.65. The molecule has 168 valence electrons. The highest BCUT2D eigenvalue weighted by atomic mass is 16.2. The maximum absolute atomic E-state index is 13.1. The van der Waals surface area contributed by atoms with E-state index in [9.17, 15) is 9.59 Å². The van der Waals surface area contributed by atoms with E-state index in [1.807, 2.05) is 23.4 Å². The largest absolute Gasteiger partial charge is 0.348 e. The Hall–Kier alpha value is -2.71. The second-order valence-electron chi connectivity index (χ2n) is 9.23. The third-order valence-corrected chi connectivity index (χ3v) is 6.18. The molecule has 2 amide bonds. The van der Waals surface area contributed by atoms with Crippen LogP contribution >= 0.6 is 0 Å². The van der Waals surface area contributed by atoms with Crippen molar-refractivity contribution >= 4 is 11.8 Å². The second kappa shape index (κ2) is 8.80. The van der Waals surface area contributed by atoms with E-state index in [4.69, 9.17) is 5.10 Å². The number of aryl methyl sites for hydroxylation is 2. The molecule has 0 bridgehead atoms. The van der Waals surface area contributed by atoms with E-state index < -0.39 is 0 Å². The first-order chi connectivity index (χ1) is 14.8. The Kier molecular flexibility index (Phi) is 6.11. The van der Waals surface area contributed by atoms with Crippen LogP contribution in [0.1, 0.15) is 72.9 Å². The number of nitrogens with one attached hydrogen (secondary N) is 1. The summed E-state index contributed by atoms with van der Waals surface area (Å²) in [5.41, 5.74) is 2.46. The van der Waals surface area contributed by atoms with Gasteiger partial charge in [-0.15, -0.1) is 0 Å². The normalized spacial score (nSPS) is 16.7. The molecule has 0 spiro atoms. The van der Waals surface area contributed by atoms with E-state index in [0.717, 1.165) is 49.3 Å². The Morgan fingerprint density at radius 2 is 1.87 bits per heavy atom. The topological polar surface area (TPSA) is 97.9 Å². The van der Waals surface area contributed by atoms with Crippen molar-refractivity contribution in [3.63, 3.8) is 0 Å². The highest BCUT2D eigenvalue weighted by Crippen LogP contribution is 2.25. The van der Waals surface area contributed by atoms with Gasteiger partial charge < -0.3 is 10.2 Å². The average Bonchev–Trinajstić information content (AvgIpc) is 3.41. The molecule has 0 unspecified atom stereocenters. The van der Waals surface area contributed by atoms with Crippen LogP contribution in [-0.4, -0.2) is 53.8 Å². The van der Waals surface area contributed by atoms with E-state index in [2.05, 4.69) is 29.2 Å². The van der Waals surface area contributed by atoms with Crippen LogP contribution in [0, 0.1) is 19.8 Å². The smallest absolute Gasteiger partial charge is 0.272 e. The Labute approximate surface area is 183 Å². The number of hydrogen-bond donors (Lipinski definition) is 1. The molecule has 9 heteroatoms. The summed E-state index contributed by atoms with van der Waals surface area (Å²) in [4.78, 5) is 32.2. The van der Waals surface area contributed by atoms with Crippen molar-refractivity contribution in [3.05, 3.63) is 28.6 Å². The lowest BCUT2D eigenvalue weighted by molar-refractivity contribution is -0.133. The summed E-state index contributed by atoms with van der Waals surface area (Å²) in [5, 5.41) is 12.2. The number of hydrogen-bond acceptors (Lipinski definition) is 5. The molecule has 9 nitrogen and oxygen atoms in total. The molecule has 0 radical (unpaired) electrons. The zero-order valence-corrected chi connectivity index (χ0v) is 19.0. The molecule has 1 fully saturated rings. The van der Waals surface area contributed by atoms with E-state index in [0.29, 0.717) is 36.9 Å². The molecule has 0 aromatic carbocycles. The molecule has 4 rings (SSSR count). The lowest BCUT2D eigenvalue weighted by Crippen LogP contribution is -2.40. The van der Waals surface area contributed by atoms with Gasteiger partial charge in [0, 0.05) is 43.4 Å². The Bertz CT molecular complexity index is 969. The lowest BCUT2D eigenvalue weighted by atomic mass is 10.0. The number of carbonyl (C=O) groups excluding carboxylic acids is 2. The minimum atomic E-state index is -0.109. The minimum absolute atomic E-state index is 0.0163. The van der Waals surface area contributed by atoms with Crippen molar-refractivity contribution in [2.45, 2.75) is 85.5 Å². The molecule has 3 heterocycles. The first-order valence-electron chi connectivity index (χ1n) is 11.4. The van der Waals surface area contributed by atoms with E-state index in [-0.39, 0.29) is 24.4 Å². The molecule has 31 heavy (non-hydrogen) atoms. The van der Waals surface area contributed by atoms with Gasteiger partial charge in [-0.2, -0.15) is 10.2 Å². The van der Waals surface area contributed by atoms with Gasteiger partial charge in [-0.05, 0) is 32.6 Å². The van der Waals surface area contributed by atoms with Gasteiger partial charge in [-0.1, -0.05) is 26.7 Å². The predicted molar refractivity (Wildman–Crippen MR) is 115 cm³/mol. The molecular weight excluding hydrogens is 394 g/mol. The van der Waals surface area contributed by atoms with Crippen LogP contribution in [-0.2, 0) is 30.8 Å². The van der Waals surface area contributed by atoms with Gasteiger partial charge in [-0.25, -0.2) is 9.67 Å². The molecular formula is C22H33N7O2. The van der Waals surface area contributed by atoms with Crippen LogP contribution in [0.4, 0.5) is 0 Å². The zero-order chi connectivity index (χ0) is 22.1. The van der Waals surface area contributed by atoms with Gasteiger partial charge in [0.15, 0.2) is 5.69 Å². The van der Waals surface area contributed by atoms with E-state index in [1.54, 1.807) is 4.68 Å². The highest BCUT2D eigenvalue weighted by molar-refractivity contribution is 5.94. The molecule has 1 saturated carbocycles. The van der Waals surface area contributed by atoms with Crippen LogP contribution in [0.15, 0.2) is 0 Å². The van der Waals surface area contributed by atoms with Crippen molar-refractivity contribution in [3.8, 4) is 0 Å². The molecule has 2 aromatic heterocycles. The zero-order valence-electron chi connectivity index (χ0n) is 19.0. The van der Waals surface area contributed by atoms with Crippen molar-refractivity contribution < 1.29 is 9.59 Å². The van der Waals surface area contributed by atoms with Crippen LogP contribution in [0.25, 0.3) is 0 Å². The van der Waals surface area contributed by atoms with E-state index in [1.165, 1.54) is 0 Å². The van der Waals surface area contributed by atoms with Crippen molar-refractivity contribution in [1.29, 1.82) is 0 Å². The minimum Gasteiger partial charge on any atom is -0.348 e. The van der Waals surface area contributed by atoms with Gasteiger partial charge in [-0.3, -0.25) is 14.3 Å². The number of nitrogens with zero attached hydrogens (tertiary/aromatic N) is 6. The number of amides is 2. The SMILES string of the molecule is Cc1nc(C)n(CC(=O)N2CCc3c(c(C(=O)NC4CCCC4)nn3CC(C)C)C2)n1. The summed E-state index contributed by atoms with van der Waals surface area (Å²) in [5.74, 6) is 1.69. The Balaban J connectivity index is 1.55. The first kappa shape index (κ1) is 21.5. The monoisotopic (exact) mass is 427 g/mol. The van der Waals surface area contributed by atoms with Crippen molar-refractivity contribution in [2.75, 3.05) is 6.54 Å². The first-order valence-corrected chi connectivity index (χ1v) is 11.4. The maximum atomic E-state index is 13.1. The summed E-state index contributed by atoms with van der Waals surface area (Å²) in [6, 6.07) is 0.234. The summed E-state index contributed by atoms with van der Waals surface area (Å²) < 4.78 is 3.62. The predicted octanol–water partition coefficient (Wildman–Crippen LogP) is 2.00. The molecule has 0 atom stereocenters. The van der Waals surface area contributed by atoms with Crippen LogP contribution in [0.2, 0.25) is 0 Å². The standard InChI is InChI=1S/C22H33N7O2/c1-14(2)11-29-19-9-10-27(20(30)13-28-16(4)23-15(3)25-28)12-18(19)21(26-29)22(31)24-17-7-5-6-8-17/h14,17H,5-13H2,1-4H3,(H,24,31). The van der Waals surface area contributed by atoms with Gasteiger partial charge in [0.25, 0.3) is 5.91 Å². The van der Waals surface area contributed by atoms with Crippen LogP contribution < -0.4 is 5.32 Å². The maximum Gasteiger partial charge on any atom is 0.272 e. The third kappa shape index (κ3) is 4.65. The highest BCUT2D eigenvalue weighted by Gasteiger charge is 2.31.